The second-order valence-corrected chi connectivity index (χ2v) is 5.22. The molecule has 0 radical (unpaired) electrons. The topological polar surface area (TPSA) is 44.1 Å². The molecule has 20 heavy (non-hydrogen) atoms. The van der Waals surface area contributed by atoms with Crippen LogP contribution in [0.15, 0.2) is 27.5 Å². The summed E-state index contributed by atoms with van der Waals surface area (Å²) in [6, 6.07) is 4.57. The van der Waals surface area contributed by atoms with E-state index in [0.29, 0.717) is 17.0 Å². The van der Waals surface area contributed by atoms with Crippen molar-refractivity contribution in [1.29, 1.82) is 0 Å². The van der Waals surface area contributed by atoms with Crippen molar-refractivity contribution in [2.75, 3.05) is 7.11 Å². The van der Waals surface area contributed by atoms with Crippen LogP contribution in [-0.2, 0) is 6.54 Å². The number of hydrogen-bond donors (Lipinski definition) is 0. The van der Waals surface area contributed by atoms with Crippen LogP contribution in [0.2, 0.25) is 0 Å². The number of hydrogen-bond acceptors (Lipinski definition) is 3. The predicted octanol–water partition coefficient (Wildman–Crippen LogP) is 2.82. The van der Waals surface area contributed by atoms with Crippen molar-refractivity contribution in [2.45, 2.75) is 20.4 Å². The van der Waals surface area contributed by atoms with Gasteiger partial charge in [-0.1, -0.05) is 6.07 Å². The van der Waals surface area contributed by atoms with Crippen LogP contribution in [0, 0.1) is 19.7 Å². The maximum absolute atomic E-state index is 13.9. The Bertz CT molecular complexity index is 713. The summed E-state index contributed by atoms with van der Waals surface area (Å²) < 4.78 is 21.1. The highest BCUT2D eigenvalue weighted by Crippen LogP contribution is 2.20. The number of aryl methyl sites for hydroxylation is 1. The first-order valence-corrected chi connectivity index (χ1v) is 6.79. The van der Waals surface area contributed by atoms with Crippen LogP contribution in [0.3, 0.4) is 0 Å². The number of halogens is 2. The van der Waals surface area contributed by atoms with E-state index in [1.54, 1.807) is 26.0 Å². The molecule has 106 valence electrons. The Labute approximate surface area is 124 Å². The van der Waals surface area contributed by atoms with Crippen molar-refractivity contribution in [2.24, 2.45) is 0 Å². The van der Waals surface area contributed by atoms with Gasteiger partial charge in [-0.3, -0.25) is 4.57 Å². The molecular weight excluding hydrogens is 327 g/mol. The zero-order valence-electron chi connectivity index (χ0n) is 11.4. The lowest BCUT2D eigenvalue weighted by molar-refractivity contribution is 0.410. The van der Waals surface area contributed by atoms with E-state index in [-0.39, 0.29) is 6.54 Å². The number of benzene rings is 1. The first-order valence-electron chi connectivity index (χ1n) is 6.00. The lowest BCUT2D eigenvalue weighted by Crippen LogP contribution is -2.27. The Kier molecular flexibility index (Phi) is 4.23. The molecule has 1 aromatic carbocycles. The van der Waals surface area contributed by atoms with Crippen LogP contribution in [0.25, 0.3) is 0 Å². The molecule has 1 heterocycles. The smallest absolute Gasteiger partial charge is 0.348 e. The third-order valence-electron chi connectivity index (χ3n) is 3.12. The van der Waals surface area contributed by atoms with Gasteiger partial charge in [0.05, 0.1) is 23.8 Å². The lowest BCUT2D eigenvalue weighted by Gasteiger charge is -2.13. The zero-order valence-corrected chi connectivity index (χ0v) is 13.0. The molecular formula is C14H14BrFN2O2. The number of rotatable bonds is 3. The molecule has 2 aromatic rings. The van der Waals surface area contributed by atoms with Gasteiger partial charge >= 0.3 is 5.69 Å². The minimum atomic E-state index is -0.410. The number of ether oxygens (including phenoxy) is 1. The highest BCUT2D eigenvalue weighted by Gasteiger charge is 2.12. The normalized spacial score (nSPS) is 10.7. The van der Waals surface area contributed by atoms with Crippen molar-refractivity contribution >= 4 is 15.9 Å². The molecule has 0 amide bonds. The quantitative estimate of drug-likeness (QED) is 0.862. The minimum absolute atomic E-state index is 0.131. The summed E-state index contributed by atoms with van der Waals surface area (Å²) in [7, 11) is 1.48. The molecule has 2 rings (SSSR count). The van der Waals surface area contributed by atoms with E-state index in [1.165, 1.54) is 17.7 Å². The standard InChI is InChI=1S/C14H14BrFN2O2/c1-8-13(15)9(2)18(14(19)17-8)7-10-4-5-11(20-3)6-12(10)16/h4-6H,7H2,1-3H3. The first kappa shape index (κ1) is 14.7. The second kappa shape index (κ2) is 5.75. The van der Waals surface area contributed by atoms with Gasteiger partial charge in [0.2, 0.25) is 0 Å². The maximum Gasteiger partial charge on any atom is 0.348 e. The van der Waals surface area contributed by atoms with Crippen molar-refractivity contribution in [3.8, 4) is 5.75 Å². The van der Waals surface area contributed by atoms with Crippen LogP contribution in [0.4, 0.5) is 4.39 Å². The highest BCUT2D eigenvalue weighted by atomic mass is 79.9. The molecule has 6 heteroatoms. The minimum Gasteiger partial charge on any atom is -0.497 e. The molecule has 0 aliphatic rings. The average Bonchev–Trinajstić information content (AvgIpc) is 2.42. The summed E-state index contributed by atoms with van der Waals surface area (Å²) >= 11 is 3.38. The molecule has 4 nitrogen and oxygen atoms in total. The van der Waals surface area contributed by atoms with Gasteiger partial charge in [-0.05, 0) is 35.8 Å². The van der Waals surface area contributed by atoms with Gasteiger partial charge in [-0.25, -0.2) is 9.18 Å². The van der Waals surface area contributed by atoms with Gasteiger partial charge in [0.25, 0.3) is 0 Å². The maximum atomic E-state index is 13.9. The molecule has 0 saturated heterocycles. The fraction of sp³-hybridized carbons (Fsp3) is 0.286. The summed E-state index contributed by atoms with van der Waals surface area (Å²) in [4.78, 5) is 15.8. The van der Waals surface area contributed by atoms with Crippen LogP contribution in [0.1, 0.15) is 17.0 Å². The van der Waals surface area contributed by atoms with E-state index in [4.69, 9.17) is 4.74 Å². The third kappa shape index (κ3) is 2.75. The molecule has 0 unspecified atom stereocenters. The van der Waals surface area contributed by atoms with Crippen LogP contribution in [0.5, 0.6) is 5.75 Å². The molecule has 0 bridgehead atoms. The molecule has 0 saturated carbocycles. The van der Waals surface area contributed by atoms with Gasteiger partial charge in [0.1, 0.15) is 11.6 Å². The summed E-state index contributed by atoms with van der Waals surface area (Å²) in [6.07, 6.45) is 0. The molecule has 0 fully saturated rings. The molecule has 0 spiro atoms. The summed E-state index contributed by atoms with van der Waals surface area (Å²) in [5, 5.41) is 0. The molecule has 0 atom stereocenters. The van der Waals surface area contributed by atoms with E-state index in [9.17, 15) is 9.18 Å². The van der Waals surface area contributed by atoms with Crippen LogP contribution in [-0.4, -0.2) is 16.7 Å². The number of aromatic nitrogens is 2. The van der Waals surface area contributed by atoms with E-state index in [1.807, 2.05) is 0 Å². The van der Waals surface area contributed by atoms with Crippen molar-refractivity contribution in [3.05, 3.63) is 55.9 Å². The molecule has 0 aliphatic heterocycles. The van der Waals surface area contributed by atoms with Gasteiger partial charge in [-0.15, -0.1) is 0 Å². The summed E-state index contributed by atoms with van der Waals surface area (Å²) in [6.45, 7) is 3.67. The Morgan fingerprint density at radius 2 is 2.10 bits per heavy atom. The fourth-order valence-corrected chi connectivity index (χ4v) is 2.22. The zero-order chi connectivity index (χ0) is 14.9. The predicted molar refractivity (Wildman–Crippen MR) is 77.7 cm³/mol. The second-order valence-electron chi connectivity index (χ2n) is 4.42. The van der Waals surface area contributed by atoms with E-state index in [2.05, 4.69) is 20.9 Å². The van der Waals surface area contributed by atoms with Gasteiger partial charge < -0.3 is 4.74 Å². The van der Waals surface area contributed by atoms with Crippen molar-refractivity contribution in [3.63, 3.8) is 0 Å². The molecule has 0 aliphatic carbocycles. The van der Waals surface area contributed by atoms with Crippen molar-refractivity contribution < 1.29 is 9.13 Å². The number of methoxy groups -OCH3 is 1. The summed E-state index contributed by atoms with van der Waals surface area (Å²) in [5.41, 5.74) is 1.36. The lowest BCUT2D eigenvalue weighted by atomic mass is 10.2. The van der Waals surface area contributed by atoms with E-state index in [0.717, 1.165) is 10.2 Å². The van der Waals surface area contributed by atoms with Gasteiger partial charge in [-0.2, -0.15) is 4.98 Å². The highest BCUT2D eigenvalue weighted by molar-refractivity contribution is 9.10. The van der Waals surface area contributed by atoms with Gasteiger partial charge in [0.15, 0.2) is 0 Å². The Balaban J connectivity index is 2.45. The van der Waals surface area contributed by atoms with Crippen LogP contribution < -0.4 is 10.4 Å². The monoisotopic (exact) mass is 340 g/mol. The van der Waals surface area contributed by atoms with E-state index >= 15 is 0 Å². The summed E-state index contributed by atoms with van der Waals surface area (Å²) in [5.74, 6) is 0.0332. The SMILES string of the molecule is COc1ccc(Cn2c(C)c(Br)c(C)nc2=O)c(F)c1. The Hall–Kier alpha value is -1.69. The molecule has 1 aromatic heterocycles. The van der Waals surface area contributed by atoms with E-state index < -0.39 is 11.5 Å². The number of nitrogens with zero attached hydrogens (tertiary/aromatic N) is 2. The largest absolute Gasteiger partial charge is 0.497 e. The van der Waals surface area contributed by atoms with Crippen LogP contribution >= 0.6 is 15.9 Å². The fourth-order valence-electron chi connectivity index (χ4n) is 1.92. The third-order valence-corrected chi connectivity index (χ3v) is 4.27. The Morgan fingerprint density at radius 3 is 2.70 bits per heavy atom. The van der Waals surface area contributed by atoms with Crippen molar-refractivity contribution in [1.82, 2.24) is 9.55 Å². The molecule has 0 N–H and O–H groups in total. The Morgan fingerprint density at radius 1 is 1.40 bits per heavy atom. The first-order chi connectivity index (χ1) is 9.43. The van der Waals surface area contributed by atoms with Gasteiger partial charge in [0, 0.05) is 17.3 Å². The average molecular weight is 341 g/mol.